The molecule has 0 aromatic heterocycles. The Morgan fingerprint density at radius 1 is 1.12 bits per heavy atom. The molecule has 0 aliphatic heterocycles. The molecule has 0 saturated carbocycles. The molecule has 0 saturated heterocycles. The van der Waals surface area contributed by atoms with Crippen LogP contribution in [-0.4, -0.2) is 44.9 Å². The van der Waals surface area contributed by atoms with E-state index >= 15 is 0 Å². The number of anilines is 2. The number of nitro benzene ring substituents is 1. The molecule has 0 bridgehead atoms. The number of para-hydroxylation sites is 1. The van der Waals surface area contributed by atoms with Crippen molar-refractivity contribution >= 4 is 50.5 Å². The van der Waals surface area contributed by atoms with Gasteiger partial charge in [0.25, 0.3) is 21.6 Å². The summed E-state index contributed by atoms with van der Waals surface area (Å²) >= 11 is 6.17. The van der Waals surface area contributed by atoms with Crippen LogP contribution in [0.1, 0.15) is 36.2 Å². The molecule has 212 valence electrons. The van der Waals surface area contributed by atoms with Gasteiger partial charge in [-0.05, 0) is 56.7 Å². The molecular formula is C27H29ClN4O7S. The van der Waals surface area contributed by atoms with Crippen LogP contribution in [0.15, 0.2) is 65.6 Å². The molecule has 2 amide bonds. The first kappa shape index (κ1) is 30.4. The number of hydrogen-bond acceptors (Lipinski definition) is 7. The largest absolute Gasteiger partial charge is 0.495 e. The first-order valence-electron chi connectivity index (χ1n) is 12.2. The number of nitrogens with zero attached hydrogens (tertiary/aromatic N) is 2. The van der Waals surface area contributed by atoms with E-state index in [1.165, 1.54) is 56.5 Å². The molecule has 0 spiro atoms. The Morgan fingerprint density at radius 2 is 1.82 bits per heavy atom. The summed E-state index contributed by atoms with van der Waals surface area (Å²) in [4.78, 5) is 36.5. The van der Waals surface area contributed by atoms with Gasteiger partial charge in [-0.3, -0.25) is 24.0 Å². The minimum Gasteiger partial charge on any atom is -0.495 e. The first-order valence-corrected chi connectivity index (χ1v) is 14.0. The van der Waals surface area contributed by atoms with E-state index in [0.29, 0.717) is 6.42 Å². The molecule has 0 radical (unpaired) electrons. The van der Waals surface area contributed by atoms with Crippen molar-refractivity contribution in [2.24, 2.45) is 0 Å². The van der Waals surface area contributed by atoms with Crippen LogP contribution < -0.4 is 19.7 Å². The van der Waals surface area contributed by atoms with E-state index in [1.807, 2.05) is 13.8 Å². The second-order valence-corrected chi connectivity index (χ2v) is 11.2. The lowest BCUT2D eigenvalue weighted by Gasteiger charge is -2.26. The summed E-state index contributed by atoms with van der Waals surface area (Å²) in [5, 5.41) is 17.1. The van der Waals surface area contributed by atoms with Gasteiger partial charge < -0.3 is 15.4 Å². The molecule has 0 fully saturated rings. The lowest BCUT2D eigenvalue weighted by molar-refractivity contribution is -0.385. The molecule has 3 aromatic rings. The number of carbonyl (C=O) groups is 2. The number of hydrogen-bond donors (Lipinski definition) is 2. The van der Waals surface area contributed by atoms with E-state index in [4.69, 9.17) is 16.3 Å². The van der Waals surface area contributed by atoms with E-state index < -0.39 is 43.9 Å². The predicted molar refractivity (Wildman–Crippen MR) is 153 cm³/mol. The zero-order valence-corrected chi connectivity index (χ0v) is 23.9. The number of nitrogens with one attached hydrogen (secondary N) is 2. The van der Waals surface area contributed by atoms with E-state index in [2.05, 4.69) is 10.6 Å². The monoisotopic (exact) mass is 588 g/mol. The van der Waals surface area contributed by atoms with Crippen molar-refractivity contribution in [1.82, 2.24) is 5.32 Å². The van der Waals surface area contributed by atoms with E-state index in [9.17, 15) is 28.1 Å². The first-order chi connectivity index (χ1) is 18.9. The van der Waals surface area contributed by atoms with Gasteiger partial charge in [-0.15, -0.1) is 0 Å². The van der Waals surface area contributed by atoms with Crippen molar-refractivity contribution in [1.29, 1.82) is 0 Å². The predicted octanol–water partition coefficient (Wildman–Crippen LogP) is 4.93. The summed E-state index contributed by atoms with van der Waals surface area (Å²) in [5.74, 6) is -1.09. The van der Waals surface area contributed by atoms with Crippen LogP contribution in [0.3, 0.4) is 0 Å². The van der Waals surface area contributed by atoms with Gasteiger partial charge in [-0.2, -0.15) is 0 Å². The number of benzene rings is 3. The van der Waals surface area contributed by atoms with Gasteiger partial charge in [0.2, 0.25) is 5.91 Å². The average Bonchev–Trinajstić information content (AvgIpc) is 2.91. The SMILES string of the molecule is CC[C@H](C)NC(=O)c1ccccc1NC(=O)CN(c1cc(Cl)ccc1OC)S(=O)(=O)c1ccc(C)c([N+](=O)[O-])c1. The molecule has 0 aliphatic carbocycles. The number of aryl methyl sites for hydroxylation is 1. The summed E-state index contributed by atoms with van der Waals surface area (Å²) in [6, 6.07) is 13.9. The summed E-state index contributed by atoms with van der Waals surface area (Å²) in [5.41, 5.74) is 0.177. The van der Waals surface area contributed by atoms with Gasteiger partial charge in [-0.1, -0.05) is 36.7 Å². The van der Waals surface area contributed by atoms with Crippen LogP contribution in [0.2, 0.25) is 5.02 Å². The highest BCUT2D eigenvalue weighted by Gasteiger charge is 2.31. The lowest BCUT2D eigenvalue weighted by atomic mass is 10.1. The van der Waals surface area contributed by atoms with Crippen LogP contribution in [0.4, 0.5) is 17.1 Å². The second kappa shape index (κ2) is 12.8. The molecular weight excluding hydrogens is 560 g/mol. The molecule has 3 rings (SSSR count). The Balaban J connectivity index is 2.05. The third-order valence-corrected chi connectivity index (χ3v) is 8.09. The molecule has 2 N–H and O–H groups in total. The van der Waals surface area contributed by atoms with Gasteiger partial charge in [0.15, 0.2) is 0 Å². The molecule has 0 aliphatic rings. The average molecular weight is 589 g/mol. The van der Waals surface area contributed by atoms with E-state index in [1.54, 1.807) is 12.1 Å². The van der Waals surface area contributed by atoms with Crippen LogP contribution in [0.5, 0.6) is 5.75 Å². The topological polar surface area (TPSA) is 148 Å². The number of carbonyl (C=O) groups excluding carboxylic acids is 2. The highest BCUT2D eigenvalue weighted by Crippen LogP contribution is 2.36. The number of amides is 2. The maximum atomic E-state index is 13.9. The van der Waals surface area contributed by atoms with Crippen molar-refractivity contribution in [3.63, 3.8) is 0 Å². The number of ether oxygens (including phenoxy) is 1. The fourth-order valence-electron chi connectivity index (χ4n) is 3.75. The quantitative estimate of drug-likeness (QED) is 0.238. The van der Waals surface area contributed by atoms with Crippen LogP contribution >= 0.6 is 11.6 Å². The van der Waals surface area contributed by atoms with Gasteiger partial charge in [0.05, 0.1) is 33.9 Å². The second-order valence-electron chi connectivity index (χ2n) is 8.91. The zero-order valence-electron chi connectivity index (χ0n) is 22.3. The number of halogens is 1. The molecule has 1 atom stereocenters. The maximum Gasteiger partial charge on any atom is 0.273 e. The molecule has 3 aromatic carbocycles. The Labute approximate surface area is 237 Å². The standard InChI is InChI=1S/C27H29ClN4O7S/c1-5-18(3)29-27(34)21-8-6-7-9-22(21)30-26(33)16-31(24-14-19(28)11-13-25(24)39-4)40(37,38)20-12-10-17(2)23(15-20)32(35)36/h6-15,18H,5,16H2,1-4H3,(H,29,34)(H,30,33)/t18-/m0/s1. The highest BCUT2D eigenvalue weighted by molar-refractivity contribution is 7.92. The van der Waals surface area contributed by atoms with Crippen molar-refractivity contribution in [3.8, 4) is 5.75 Å². The van der Waals surface area contributed by atoms with Gasteiger partial charge in [-0.25, -0.2) is 8.42 Å². The molecule has 13 heteroatoms. The molecule has 0 heterocycles. The van der Waals surface area contributed by atoms with E-state index in [0.717, 1.165) is 10.4 Å². The number of sulfonamides is 1. The van der Waals surface area contributed by atoms with Crippen molar-refractivity contribution in [3.05, 3.63) is 86.9 Å². The summed E-state index contributed by atoms with van der Waals surface area (Å²) in [6.45, 7) is 4.48. The third-order valence-electron chi connectivity index (χ3n) is 6.10. The Kier molecular flexibility index (Phi) is 9.72. The van der Waals surface area contributed by atoms with Crippen LogP contribution in [-0.2, 0) is 14.8 Å². The van der Waals surface area contributed by atoms with Crippen molar-refractivity contribution < 1.29 is 27.7 Å². The highest BCUT2D eigenvalue weighted by atomic mass is 35.5. The smallest absolute Gasteiger partial charge is 0.273 e. The Morgan fingerprint density at radius 3 is 2.48 bits per heavy atom. The normalized spacial score (nSPS) is 11.8. The maximum absolute atomic E-state index is 13.9. The van der Waals surface area contributed by atoms with Crippen LogP contribution in [0.25, 0.3) is 0 Å². The molecule has 11 nitrogen and oxygen atoms in total. The molecule has 0 unspecified atom stereocenters. The number of nitro groups is 1. The fraction of sp³-hybridized carbons (Fsp3) is 0.259. The minimum absolute atomic E-state index is 0.0591. The van der Waals surface area contributed by atoms with Crippen molar-refractivity contribution in [2.75, 3.05) is 23.3 Å². The zero-order chi connectivity index (χ0) is 29.6. The van der Waals surface area contributed by atoms with E-state index in [-0.39, 0.29) is 39.3 Å². The van der Waals surface area contributed by atoms with Crippen LogP contribution in [0, 0.1) is 17.0 Å². The third kappa shape index (κ3) is 6.88. The molecule has 40 heavy (non-hydrogen) atoms. The minimum atomic E-state index is -4.56. The Hall–Kier alpha value is -4.16. The fourth-order valence-corrected chi connectivity index (χ4v) is 5.36. The summed E-state index contributed by atoms with van der Waals surface area (Å²) in [6.07, 6.45) is 0.700. The van der Waals surface area contributed by atoms with Gasteiger partial charge in [0.1, 0.15) is 12.3 Å². The number of methoxy groups -OCH3 is 1. The Bertz CT molecular complexity index is 1550. The lowest BCUT2D eigenvalue weighted by Crippen LogP contribution is -2.39. The van der Waals surface area contributed by atoms with Gasteiger partial charge in [0, 0.05) is 22.7 Å². The van der Waals surface area contributed by atoms with Gasteiger partial charge >= 0.3 is 0 Å². The summed E-state index contributed by atoms with van der Waals surface area (Å²) < 4.78 is 33.8. The number of rotatable bonds is 11. The van der Waals surface area contributed by atoms with Crippen molar-refractivity contribution in [2.45, 2.75) is 38.1 Å². The summed E-state index contributed by atoms with van der Waals surface area (Å²) in [7, 11) is -3.24.